The summed E-state index contributed by atoms with van der Waals surface area (Å²) < 4.78 is 0. The van der Waals surface area contributed by atoms with Crippen molar-refractivity contribution in [2.75, 3.05) is 32.8 Å². The highest BCUT2D eigenvalue weighted by atomic mass is 16.4. The van der Waals surface area contributed by atoms with E-state index in [2.05, 4.69) is 36.9 Å². The summed E-state index contributed by atoms with van der Waals surface area (Å²) in [6, 6.07) is -1.00. The first-order chi connectivity index (χ1) is 28.8. The number of benzene rings is 1. The number of aliphatic hydroxyl groups excluding tert-OH is 1. The van der Waals surface area contributed by atoms with Crippen LogP contribution in [0.3, 0.4) is 0 Å². The van der Waals surface area contributed by atoms with Crippen molar-refractivity contribution in [1.29, 1.82) is 0 Å². The van der Waals surface area contributed by atoms with Gasteiger partial charge in [-0.3, -0.25) is 38.6 Å². The molecule has 7 atom stereocenters. The molecule has 0 saturated carbocycles. The number of phenols is 1. The zero-order chi connectivity index (χ0) is 45.8. The van der Waals surface area contributed by atoms with Crippen LogP contribution in [0.25, 0.3) is 0 Å². The van der Waals surface area contributed by atoms with Gasteiger partial charge in [-0.05, 0) is 68.1 Å². The van der Waals surface area contributed by atoms with Crippen LogP contribution < -0.4 is 49.1 Å². The molecule has 61 heavy (non-hydrogen) atoms. The Bertz CT molecular complexity index is 1710. The molecule has 7 amide bonds. The molecule has 2 rings (SSSR count). The normalized spacial score (nSPS) is 16.4. The molecule has 1 aromatic rings. The number of guanidine groups is 1. The van der Waals surface area contributed by atoms with Gasteiger partial charge >= 0.3 is 5.97 Å². The third kappa shape index (κ3) is 17.6. The van der Waals surface area contributed by atoms with Crippen molar-refractivity contribution in [1.82, 2.24) is 36.8 Å². The Kier molecular flexibility index (Phi) is 21.4. The molecule has 0 aliphatic carbocycles. The van der Waals surface area contributed by atoms with E-state index in [4.69, 9.17) is 17.2 Å². The van der Waals surface area contributed by atoms with Gasteiger partial charge in [0.15, 0.2) is 5.96 Å². The molecule has 1 fully saturated rings. The van der Waals surface area contributed by atoms with Gasteiger partial charge in [0.2, 0.25) is 41.4 Å². The summed E-state index contributed by atoms with van der Waals surface area (Å²) >= 11 is 0. The van der Waals surface area contributed by atoms with Gasteiger partial charge in [0.05, 0.1) is 25.7 Å². The van der Waals surface area contributed by atoms with Crippen molar-refractivity contribution >= 4 is 53.3 Å². The third-order valence-corrected chi connectivity index (χ3v) is 9.97. The predicted molar refractivity (Wildman–Crippen MR) is 222 cm³/mol. The van der Waals surface area contributed by atoms with Crippen molar-refractivity contribution < 1.29 is 53.7 Å². The number of nitrogens with zero attached hydrogens (tertiary/aromatic N) is 2. The number of carbonyl (C=O) groups excluding carboxylic acids is 7. The molecule has 22 heteroatoms. The van der Waals surface area contributed by atoms with Gasteiger partial charge in [0, 0.05) is 13.1 Å². The molecule has 1 aliphatic rings. The number of carboxylic acid groups (broad SMARTS) is 1. The molecule has 1 heterocycles. The van der Waals surface area contributed by atoms with Crippen LogP contribution in [0, 0.1) is 11.8 Å². The Hall–Kier alpha value is -6.03. The van der Waals surface area contributed by atoms with E-state index >= 15 is 0 Å². The Morgan fingerprint density at radius 3 is 2.07 bits per heavy atom. The predicted octanol–water partition coefficient (Wildman–Crippen LogP) is -3.35. The summed E-state index contributed by atoms with van der Waals surface area (Å²) in [6.07, 6.45) is 1.69. The Morgan fingerprint density at radius 2 is 1.48 bits per heavy atom. The standard InChI is InChI=1S/C39H63N11O11/c1-5-22(4)32(37(59)46-26(38(60)61)8-6-14-43-39(41)42)49-30(53)18-44-34(56)27(16-21(2)3)47-36(58)29-9-7-15-50(29)31(54)19-45-35(57)28(20-51)48-33(55)25(40)17-23-10-12-24(52)13-11-23/h10-13,21-22,25-29,32,51-52H,5-9,14-20,40H2,1-4H3,(H,44,56)(H,45,57)(H,46,59)(H,47,58)(H,48,55)(H,49,53)(H,60,61)(H4,41,42,43)/t22-,25-,26-,27-,28-,29-,32-/m0/s1. The summed E-state index contributed by atoms with van der Waals surface area (Å²) in [4.78, 5) is 109. The number of hydrogen-bond acceptors (Lipinski definition) is 12. The first-order valence-electron chi connectivity index (χ1n) is 20.3. The highest BCUT2D eigenvalue weighted by Gasteiger charge is 2.37. The number of nitrogens with two attached hydrogens (primary N) is 3. The van der Waals surface area contributed by atoms with Crippen LogP contribution in [0.5, 0.6) is 5.75 Å². The maximum atomic E-state index is 13.5. The van der Waals surface area contributed by atoms with E-state index < -0.39 is 109 Å². The minimum atomic E-state index is -1.43. The lowest BCUT2D eigenvalue weighted by molar-refractivity contribution is -0.142. The summed E-state index contributed by atoms with van der Waals surface area (Å²) in [5, 5.41) is 43.8. The number of aliphatic imine (C=N–C) groups is 1. The van der Waals surface area contributed by atoms with Crippen molar-refractivity contribution in [2.45, 2.75) is 109 Å². The van der Waals surface area contributed by atoms with Crippen molar-refractivity contribution in [3.05, 3.63) is 29.8 Å². The maximum absolute atomic E-state index is 13.5. The van der Waals surface area contributed by atoms with Gasteiger partial charge in [-0.1, -0.05) is 46.2 Å². The molecule has 15 N–H and O–H groups in total. The molecule has 0 aromatic heterocycles. The van der Waals surface area contributed by atoms with Crippen LogP contribution in [0.4, 0.5) is 0 Å². The quantitative estimate of drug-likeness (QED) is 0.0260. The van der Waals surface area contributed by atoms with Crippen LogP contribution >= 0.6 is 0 Å². The Balaban J connectivity index is 1.98. The summed E-state index contributed by atoms with van der Waals surface area (Å²) in [6.45, 7) is 5.52. The SMILES string of the molecule is CC[C@H](C)[C@H](NC(=O)CNC(=O)[C@H](CC(C)C)NC(=O)[C@@H]1CCCN1C(=O)CNC(=O)[C@H](CO)NC(=O)[C@@H](N)Cc1ccc(O)cc1)C(=O)N[C@@H](CCCN=C(N)N)C(=O)O. The first kappa shape index (κ1) is 51.1. The number of aliphatic carboxylic acids is 1. The zero-order valence-electron chi connectivity index (χ0n) is 35.1. The minimum Gasteiger partial charge on any atom is -0.508 e. The summed E-state index contributed by atoms with van der Waals surface area (Å²) in [5.41, 5.74) is 17.2. The lowest BCUT2D eigenvalue weighted by Gasteiger charge is -2.28. The fourth-order valence-electron chi connectivity index (χ4n) is 6.39. The van der Waals surface area contributed by atoms with E-state index in [0.29, 0.717) is 18.4 Å². The van der Waals surface area contributed by atoms with Gasteiger partial charge in [0.25, 0.3) is 0 Å². The molecule has 22 nitrogen and oxygen atoms in total. The molecule has 1 aromatic carbocycles. The fourth-order valence-corrected chi connectivity index (χ4v) is 6.39. The second-order valence-corrected chi connectivity index (χ2v) is 15.4. The number of carboxylic acids is 1. The number of hydrogen-bond donors (Lipinski definition) is 12. The molecule has 1 saturated heterocycles. The van der Waals surface area contributed by atoms with E-state index in [1.807, 2.05) is 13.8 Å². The number of amides is 7. The van der Waals surface area contributed by atoms with Crippen LogP contribution in [0.1, 0.15) is 71.8 Å². The molecule has 1 aliphatic heterocycles. The lowest BCUT2D eigenvalue weighted by Crippen LogP contribution is -2.57. The number of aliphatic hydroxyl groups is 1. The number of aromatic hydroxyl groups is 1. The average molecular weight is 862 g/mol. The second-order valence-electron chi connectivity index (χ2n) is 15.4. The van der Waals surface area contributed by atoms with Crippen LogP contribution in [0.2, 0.25) is 0 Å². The van der Waals surface area contributed by atoms with Crippen molar-refractivity contribution in [3.8, 4) is 5.75 Å². The average Bonchev–Trinajstić information content (AvgIpc) is 3.71. The van der Waals surface area contributed by atoms with Gasteiger partial charge in [0.1, 0.15) is 36.0 Å². The Morgan fingerprint density at radius 1 is 0.852 bits per heavy atom. The largest absolute Gasteiger partial charge is 0.508 e. The van der Waals surface area contributed by atoms with Crippen molar-refractivity contribution in [2.24, 2.45) is 34.0 Å². The molecule has 0 radical (unpaired) electrons. The highest BCUT2D eigenvalue weighted by Crippen LogP contribution is 2.19. The topological polar surface area (TPSA) is 363 Å². The summed E-state index contributed by atoms with van der Waals surface area (Å²) in [5.74, 6) is -6.93. The number of nitrogens with one attached hydrogen (secondary N) is 6. The van der Waals surface area contributed by atoms with Crippen LogP contribution in [-0.4, -0.2) is 143 Å². The van der Waals surface area contributed by atoms with Gasteiger partial charge in [-0.2, -0.15) is 0 Å². The number of likely N-dealkylation sites (tertiary alicyclic amines) is 1. The number of phenolic OH excluding ortho intramolecular Hbond substituents is 1. The second kappa shape index (κ2) is 25.6. The van der Waals surface area contributed by atoms with Gasteiger partial charge < -0.3 is 69.3 Å². The molecule has 0 unspecified atom stereocenters. The van der Waals surface area contributed by atoms with Crippen LogP contribution in [-0.2, 0) is 44.8 Å². The third-order valence-electron chi connectivity index (χ3n) is 9.97. The van der Waals surface area contributed by atoms with Gasteiger partial charge in [-0.15, -0.1) is 0 Å². The van der Waals surface area contributed by atoms with E-state index in [1.165, 1.54) is 17.0 Å². The van der Waals surface area contributed by atoms with E-state index in [0.717, 1.165) is 0 Å². The molecular weight excluding hydrogens is 798 g/mol. The minimum absolute atomic E-state index is 0.0223. The van der Waals surface area contributed by atoms with Gasteiger partial charge in [-0.25, -0.2) is 4.79 Å². The van der Waals surface area contributed by atoms with Crippen molar-refractivity contribution in [3.63, 3.8) is 0 Å². The molecule has 340 valence electrons. The number of carbonyl (C=O) groups is 8. The number of rotatable bonds is 25. The maximum Gasteiger partial charge on any atom is 0.326 e. The fraction of sp³-hybridized carbons (Fsp3) is 0.615. The summed E-state index contributed by atoms with van der Waals surface area (Å²) in [7, 11) is 0. The molecular formula is C39H63N11O11. The van der Waals surface area contributed by atoms with Crippen LogP contribution in [0.15, 0.2) is 29.3 Å². The molecule has 0 spiro atoms. The lowest BCUT2D eigenvalue weighted by atomic mass is 9.97. The van der Waals surface area contributed by atoms with E-state index in [-0.39, 0.29) is 62.8 Å². The molecule has 0 bridgehead atoms. The Labute approximate surface area is 354 Å². The monoisotopic (exact) mass is 861 g/mol. The highest BCUT2D eigenvalue weighted by molar-refractivity contribution is 5.96. The zero-order valence-corrected chi connectivity index (χ0v) is 35.1. The van der Waals surface area contributed by atoms with E-state index in [1.54, 1.807) is 26.0 Å². The smallest absolute Gasteiger partial charge is 0.326 e. The van der Waals surface area contributed by atoms with E-state index in [9.17, 15) is 53.7 Å². The first-order valence-corrected chi connectivity index (χ1v) is 20.3.